The van der Waals surface area contributed by atoms with Crippen LogP contribution in [0.4, 0.5) is 0 Å². The number of benzene rings is 2. The van der Waals surface area contributed by atoms with Gasteiger partial charge < -0.3 is 4.57 Å². The summed E-state index contributed by atoms with van der Waals surface area (Å²) in [4.78, 5) is 12.6. The highest BCUT2D eigenvalue weighted by molar-refractivity contribution is 5.84. The van der Waals surface area contributed by atoms with Crippen LogP contribution in [0.15, 0.2) is 59.4 Å². The summed E-state index contributed by atoms with van der Waals surface area (Å²) in [5, 5.41) is 0.798. The van der Waals surface area contributed by atoms with E-state index < -0.39 is 0 Å². The largest absolute Gasteiger partial charge is 0.340 e. The molecule has 2 aromatic carbocycles. The third-order valence-corrected chi connectivity index (χ3v) is 3.77. The highest BCUT2D eigenvalue weighted by Crippen LogP contribution is 2.25. The van der Waals surface area contributed by atoms with Crippen molar-refractivity contribution in [3.63, 3.8) is 0 Å². The molecule has 0 aliphatic heterocycles. The molecular weight excluding hydrogens is 246 g/mol. The highest BCUT2D eigenvalue weighted by Gasteiger charge is 2.13. The molecule has 0 saturated carbocycles. The van der Waals surface area contributed by atoms with Crippen LogP contribution in [0.1, 0.15) is 12.5 Å². The van der Waals surface area contributed by atoms with Gasteiger partial charge >= 0.3 is 0 Å². The molecule has 0 radical (unpaired) electrons. The van der Waals surface area contributed by atoms with E-state index in [1.165, 1.54) is 0 Å². The van der Waals surface area contributed by atoms with Crippen LogP contribution in [0.25, 0.3) is 22.2 Å². The third-order valence-electron chi connectivity index (χ3n) is 3.77. The molecular formula is C18H17NO. The first-order valence-corrected chi connectivity index (χ1v) is 6.91. The monoisotopic (exact) mass is 263 g/mol. The second kappa shape index (κ2) is 4.97. The predicted octanol–water partition coefficient (Wildman–Crippen LogP) is 4.00. The van der Waals surface area contributed by atoms with Crippen LogP contribution < -0.4 is 5.43 Å². The number of aryl methyl sites for hydroxylation is 1. The quantitative estimate of drug-likeness (QED) is 0.685. The van der Waals surface area contributed by atoms with Gasteiger partial charge in [0, 0.05) is 17.5 Å². The Hall–Kier alpha value is -2.35. The van der Waals surface area contributed by atoms with Gasteiger partial charge in [-0.3, -0.25) is 4.79 Å². The highest BCUT2D eigenvalue weighted by atomic mass is 16.1. The van der Waals surface area contributed by atoms with Crippen molar-refractivity contribution in [2.24, 2.45) is 0 Å². The van der Waals surface area contributed by atoms with Crippen LogP contribution in [0.2, 0.25) is 0 Å². The molecule has 0 amide bonds. The van der Waals surface area contributed by atoms with Crippen molar-refractivity contribution in [1.82, 2.24) is 4.57 Å². The normalized spacial score (nSPS) is 10.9. The Bertz CT molecular complexity index is 816. The van der Waals surface area contributed by atoms with E-state index in [4.69, 9.17) is 0 Å². The van der Waals surface area contributed by atoms with Crippen LogP contribution in [-0.4, -0.2) is 4.57 Å². The van der Waals surface area contributed by atoms with Gasteiger partial charge in [-0.05, 0) is 31.5 Å². The van der Waals surface area contributed by atoms with Gasteiger partial charge in [0.25, 0.3) is 0 Å². The molecule has 0 atom stereocenters. The van der Waals surface area contributed by atoms with E-state index in [1.54, 1.807) is 0 Å². The average Bonchev–Trinajstić information content (AvgIpc) is 2.51. The topological polar surface area (TPSA) is 22.0 Å². The zero-order valence-electron chi connectivity index (χ0n) is 11.8. The molecule has 0 fully saturated rings. The van der Waals surface area contributed by atoms with Crippen molar-refractivity contribution >= 4 is 10.9 Å². The van der Waals surface area contributed by atoms with Crippen LogP contribution >= 0.6 is 0 Å². The number of pyridine rings is 1. The molecule has 3 rings (SSSR count). The number of nitrogens with zero attached hydrogens (tertiary/aromatic N) is 1. The molecule has 0 unspecified atom stereocenters. The minimum Gasteiger partial charge on any atom is -0.340 e. The van der Waals surface area contributed by atoms with E-state index in [0.29, 0.717) is 0 Å². The van der Waals surface area contributed by atoms with Gasteiger partial charge in [0.1, 0.15) is 0 Å². The van der Waals surface area contributed by atoms with Gasteiger partial charge in [0.2, 0.25) is 0 Å². The second-order valence-electron chi connectivity index (χ2n) is 4.93. The lowest BCUT2D eigenvalue weighted by Crippen LogP contribution is -2.15. The van der Waals surface area contributed by atoms with E-state index in [2.05, 4.69) is 23.6 Å². The fourth-order valence-electron chi connectivity index (χ4n) is 2.83. The van der Waals surface area contributed by atoms with Crippen molar-refractivity contribution in [2.75, 3.05) is 0 Å². The Balaban J connectivity index is 2.49. The van der Waals surface area contributed by atoms with E-state index in [0.717, 1.165) is 34.3 Å². The number of aromatic nitrogens is 1. The van der Waals surface area contributed by atoms with E-state index in [-0.39, 0.29) is 5.43 Å². The maximum absolute atomic E-state index is 12.6. The van der Waals surface area contributed by atoms with Crippen LogP contribution in [0.3, 0.4) is 0 Å². The summed E-state index contributed by atoms with van der Waals surface area (Å²) >= 11 is 0. The Morgan fingerprint density at radius 2 is 1.60 bits per heavy atom. The lowest BCUT2D eigenvalue weighted by molar-refractivity contribution is 0.792. The number of para-hydroxylation sites is 1. The fourth-order valence-corrected chi connectivity index (χ4v) is 2.83. The van der Waals surface area contributed by atoms with Crippen molar-refractivity contribution < 1.29 is 0 Å². The molecule has 1 heterocycles. The average molecular weight is 263 g/mol. The summed E-state index contributed by atoms with van der Waals surface area (Å²) in [5.74, 6) is 0. The number of hydrogen-bond donors (Lipinski definition) is 0. The molecule has 2 heteroatoms. The van der Waals surface area contributed by atoms with Crippen molar-refractivity contribution in [1.29, 1.82) is 0 Å². The maximum Gasteiger partial charge on any atom is 0.192 e. The summed E-state index contributed by atoms with van der Waals surface area (Å²) < 4.78 is 2.22. The van der Waals surface area contributed by atoms with Gasteiger partial charge in [0.15, 0.2) is 5.43 Å². The van der Waals surface area contributed by atoms with Gasteiger partial charge in [-0.2, -0.15) is 0 Å². The smallest absolute Gasteiger partial charge is 0.192 e. The van der Waals surface area contributed by atoms with E-state index >= 15 is 0 Å². The summed E-state index contributed by atoms with van der Waals surface area (Å²) in [6, 6.07) is 18.0. The van der Waals surface area contributed by atoms with Crippen LogP contribution in [0.5, 0.6) is 0 Å². The fraction of sp³-hybridized carbons (Fsp3) is 0.167. The lowest BCUT2D eigenvalue weighted by atomic mass is 10.0. The minimum absolute atomic E-state index is 0.129. The molecule has 20 heavy (non-hydrogen) atoms. The van der Waals surface area contributed by atoms with Gasteiger partial charge in [-0.25, -0.2) is 0 Å². The first-order chi connectivity index (χ1) is 9.74. The Morgan fingerprint density at radius 1 is 0.950 bits per heavy atom. The molecule has 0 N–H and O–H groups in total. The third kappa shape index (κ3) is 1.85. The second-order valence-corrected chi connectivity index (χ2v) is 4.93. The van der Waals surface area contributed by atoms with Gasteiger partial charge in [-0.15, -0.1) is 0 Å². The summed E-state index contributed by atoms with van der Waals surface area (Å²) in [6.45, 7) is 4.87. The molecule has 0 spiro atoms. The Kier molecular flexibility index (Phi) is 3.15. The predicted molar refractivity (Wildman–Crippen MR) is 84.1 cm³/mol. The number of fused-ring (bicyclic) bond motifs is 1. The van der Waals surface area contributed by atoms with Gasteiger partial charge in [0.05, 0.1) is 11.2 Å². The van der Waals surface area contributed by atoms with Crippen molar-refractivity contribution in [3.05, 3.63) is 70.4 Å². The summed E-state index contributed by atoms with van der Waals surface area (Å²) in [6.07, 6.45) is 0. The van der Waals surface area contributed by atoms with E-state index in [9.17, 15) is 4.79 Å². The standard InChI is InChI=1S/C18H17NO/c1-3-19-16-12-8-7-11-15(16)18(20)13(2)17(19)14-9-5-4-6-10-14/h4-12H,3H2,1-2H3. The van der Waals surface area contributed by atoms with Crippen LogP contribution in [-0.2, 0) is 6.54 Å². The number of rotatable bonds is 2. The van der Waals surface area contributed by atoms with Crippen LogP contribution in [0, 0.1) is 6.92 Å². The lowest BCUT2D eigenvalue weighted by Gasteiger charge is -2.18. The molecule has 0 aliphatic carbocycles. The summed E-state index contributed by atoms with van der Waals surface area (Å²) in [7, 11) is 0. The molecule has 1 aromatic heterocycles. The summed E-state index contributed by atoms with van der Waals surface area (Å²) in [5.41, 5.74) is 4.07. The minimum atomic E-state index is 0.129. The zero-order valence-corrected chi connectivity index (χ0v) is 11.8. The molecule has 0 saturated heterocycles. The molecule has 100 valence electrons. The molecule has 2 nitrogen and oxygen atoms in total. The van der Waals surface area contributed by atoms with Crippen molar-refractivity contribution in [3.8, 4) is 11.3 Å². The SMILES string of the molecule is CCn1c(-c2ccccc2)c(C)c(=O)c2ccccc21. The van der Waals surface area contributed by atoms with Crippen molar-refractivity contribution in [2.45, 2.75) is 20.4 Å². The number of hydrogen-bond acceptors (Lipinski definition) is 1. The Labute approximate surface area is 118 Å². The first kappa shape index (κ1) is 12.7. The van der Waals surface area contributed by atoms with E-state index in [1.807, 2.05) is 49.4 Å². The molecule has 0 bridgehead atoms. The first-order valence-electron chi connectivity index (χ1n) is 6.91. The van der Waals surface area contributed by atoms with Gasteiger partial charge in [-0.1, -0.05) is 42.5 Å². The molecule has 0 aliphatic rings. The maximum atomic E-state index is 12.6. The molecule has 3 aromatic rings. The zero-order chi connectivity index (χ0) is 14.1. The Morgan fingerprint density at radius 3 is 2.30 bits per heavy atom.